The zero-order chi connectivity index (χ0) is 12.3. The smallest absolute Gasteiger partial charge is 0.263 e. The van der Waals surface area contributed by atoms with E-state index in [1.807, 2.05) is 6.92 Å². The minimum absolute atomic E-state index is 0.0245. The number of carbonyl (C=O) groups is 1. The van der Waals surface area contributed by atoms with Crippen LogP contribution in [0, 0.1) is 0 Å². The molecule has 2 rings (SSSR count). The number of carbonyl (C=O) groups excluding carboxylic acids is 1. The van der Waals surface area contributed by atoms with Crippen LogP contribution in [0.25, 0.3) is 0 Å². The Kier molecular flexibility index (Phi) is 4.12. The molecule has 1 fully saturated rings. The van der Waals surface area contributed by atoms with Crippen molar-refractivity contribution in [3.8, 4) is 0 Å². The molecule has 4 nitrogen and oxygen atoms in total. The number of nitrogens with zero attached hydrogens (tertiary/aromatic N) is 1. The molecule has 0 aliphatic heterocycles. The lowest BCUT2D eigenvalue weighted by molar-refractivity contribution is 0.0871. The standard InChI is InChI=1S/C12H18N2O2S/c1-2-11-13-7-10(17-11)12(16)14-8-3-5-9(15)6-4-8/h7-9,15H,2-6H2,1H3,(H,14,16). The molecule has 1 aromatic rings. The van der Waals surface area contributed by atoms with E-state index in [0.29, 0.717) is 4.88 Å². The molecule has 0 atom stereocenters. The molecule has 0 spiro atoms. The fourth-order valence-electron chi connectivity index (χ4n) is 2.06. The van der Waals surface area contributed by atoms with Crippen molar-refractivity contribution in [3.05, 3.63) is 16.1 Å². The summed E-state index contributed by atoms with van der Waals surface area (Å²) in [4.78, 5) is 16.8. The van der Waals surface area contributed by atoms with Crippen molar-refractivity contribution >= 4 is 17.2 Å². The molecule has 1 aliphatic rings. The number of nitrogens with one attached hydrogen (secondary N) is 1. The number of aromatic nitrogens is 1. The lowest BCUT2D eigenvalue weighted by Crippen LogP contribution is -2.38. The Morgan fingerprint density at radius 2 is 2.24 bits per heavy atom. The zero-order valence-corrected chi connectivity index (χ0v) is 10.8. The second kappa shape index (κ2) is 5.60. The van der Waals surface area contributed by atoms with Crippen LogP contribution in [0.15, 0.2) is 6.20 Å². The van der Waals surface area contributed by atoms with Gasteiger partial charge in [-0.15, -0.1) is 11.3 Å². The fraction of sp³-hybridized carbons (Fsp3) is 0.667. The lowest BCUT2D eigenvalue weighted by atomic mass is 9.93. The lowest BCUT2D eigenvalue weighted by Gasteiger charge is -2.25. The van der Waals surface area contributed by atoms with Gasteiger partial charge >= 0.3 is 0 Å². The first-order valence-corrected chi connectivity index (χ1v) is 6.94. The summed E-state index contributed by atoms with van der Waals surface area (Å²) in [6.07, 6.45) is 5.64. The Morgan fingerprint density at radius 1 is 1.53 bits per heavy atom. The summed E-state index contributed by atoms with van der Waals surface area (Å²) in [6, 6.07) is 0.207. The molecular formula is C12H18N2O2S. The third kappa shape index (κ3) is 3.26. The van der Waals surface area contributed by atoms with E-state index in [-0.39, 0.29) is 18.1 Å². The van der Waals surface area contributed by atoms with Gasteiger partial charge in [0.15, 0.2) is 0 Å². The molecule has 1 aromatic heterocycles. The highest BCUT2D eigenvalue weighted by Crippen LogP contribution is 2.19. The number of thiazole rings is 1. The highest BCUT2D eigenvalue weighted by molar-refractivity contribution is 7.13. The van der Waals surface area contributed by atoms with Crippen molar-refractivity contribution in [1.82, 2.24) is 10.3 Å². The van der Waals surface area contributed by atoms with E-state index >= 15 is 0 Å². The first-order valence-electron chi connectivity index (χ1n) is 6.12. The fourth-order valence-corrected chi connectivity index (χ4v) is 2.82. The van der Waals surface area contributed by atoms with Gasteiger partial charge in [-0.1, -0.05) is 6.92 Å². The van der Waals surface area contributed by atoms with E-state index < -0.39 is 0 Å². The highest BCUT2D eigenvalue weighted by Gasteiger charge is 2.21. The molecule has 1 aliphatic carbocycles. The van der Waals surface area contributed by atoms with E-state index in [1.54, 1.807) is 6.20 Å². The molecule has 1 amide bonds. The number of aliphatic hydroxyl groups is 1. The topological polar surface area (TPSA) is 62.2 Å². The van der Waals surface area contributed by atoms with Crippen LogP contribution in [-0.4, -0.2) is 28.1 Å². The Balaban J connectivity index is 1.88. The third-order valence-electron chi connectivity index (χ3n) is 3.11. The number of aliphatic hydroxyl groups excluding tert-OH is 1. The van der Waals surface area contributed by atoms with Gasteiger partial charge in [0.25, 0.3) is 5.91 Å². The molecule has 1 heterocycles. The van der Waals surface area contributed by atoms with E-state index in [2.05, 4.69) is 10.3 Å². The van der Waals surface area contributed by atoms with Crippen molar-refractivity contribution in [1.29, 1.82) is 0 Å². The summed E-state index contributed by atoms with van der Waals surface area (Å²) in [5, 5.41) is 13.4. The molecule has 0 radical (unpaired) electrons. The summed E-state index contributed by atoms with van der Waals surface area (Å²) in [7, 11) is 0. The number of aryl methyl sites for hydroxylation is 1. The SMILES string of the molecule is CCc1ncc(C(=O)NC2CCC(O)CC2)s1. The predicted molar refractivity (Wildman–Crippen MR) is 67.2 cm³/mol. The van der Waals surface area contributed by atoms with Crippen LogP contribution in [0.4, 0.5) is 0 Å². The first kappa shape index (κ1) is 12.5. The van der Waals surface area contributed by atoms with Crippen molar-refractivity contribution in [2.45, 2.75) is 51.2 Å². The van der Waals surface area contributed by atoms with Crippen LogP contribution >= 0.6 is 11.3 Å². The van der Waals surface area contributed by atoms with Gasteiger partial charge in [0.2, 0.25) is 0 Å². The summed E-state index contributed by atoms with van der Waals surface area (Å²) in [5.74, 6) is -0.0245. The zero-order valence-electron chi connectivity index (χ0n) is 9.98. The third-order valence-corrected chi connectivity index (χ3v) is 4.25. The number of rotatable bonds is 3. The van der Waals surface area contributed by atoms with Gasteiger partial charge in [0.1, 0.15) is 4.88 Å². The maximum atomic E-state index is 11.9. The monoisotopic (exact) mass is 254 g/mol. The maximum Gasteiger partial charge on any atom is 0.263 e. The summed E-state index contributed by atoms with van der Waals surface area (Å²) >= 11 is 1.46. The quantitative estimate of drug-likeness (QED) is 0.863. The van der Waals surface area contributed by atoms with Gasteiger partial charge in [0, 0.05) is 6.04 Å². The van der Waals surface area contributed by atoms with Crippen molar-refractivity contribution in [3.63, 3.8) is 0 Å². The number of amides is 1. The maximum absolute atomic E-state index is 11.9. The van der Waals surface area contributed by atoms with Crippen LogP contribution in [0.2, 0.25) is 0 Å². The van der Waals surface area contributed by atoms with Crippen LogP contribution in [-0.2, 0) is 6.42 Å². The Hall–Kier alpha value is -0.940. The van der Waals surface area contributed by atoms with Gasteiger partial charge in [-0.05, 0) is 32.1 Å². The minimum atomic E-state index is -0.182. The normalized spacial score (nSPS) is 24.6. The average molecular weight is 254 g/mol. The van der Waals surface area contributed by atoms with Gasteiger partial charge in [0.05, 0.1) is 17.3 Å². The van der Waals surface area contributed by atoms with E-state index in [1.165, 1.54) is 11.3 Å². The number of hydrogen-bond donors (Lipinski definition) is 2. The Labute approximate surface area is 105 Å². The van der Waals surface area contributed by atoms with Gasteiger partial charge < -0.3 is 10.4 Å². The van der Waals surface area contributed by atoms with E-state index in [0.717, 1.165) is 37.1 Å². The van der Waals surface area contributed by atoms with Crippen LogP contribution in [0.5, 0.6) is 0 Å². The Bertz CT molecular complexity index is 384. The predicted octanol–water partition coefficient (Wildman–Crippen LogP) is 1.74. The number of hydrogen-bond acceptors (Lipinski definition) is 4. The molecule has 0 aromatic carbocycles. The molecule has 5 heteroatoms. The summed E-state index contributed by atoms with van der Waals surface area (Å²) in [6.45, 7) is 2.03. The van der Waals surface area contributed by atoms with E-state index in [9.17, 15) is 9.90 Å². The van der Waals surface area contributed by atoms with Crippen molar-refractivity contribution in [2.24, 2.45) is 0 Å². The Morgan fingerprint density at radius 3 is 2.82 bits per heavy atom. The van der Waals surface area contributed by atoms with E-state index in [4.69, 9.17) is 0 Å². The largest absolute Gasteiger partial charge is 0.393 e. The second-order valence-electron chi connectivity index (χ2n) is 4.45. The molecule has 1 saturated carbocycles. The molecule has 94 valence electrons. The molecule has 0 saturated heterocycles. The van der Waals surface area contributed by atoms with Crippen LogP contribution < -0.4 is 5.32 Å². The molecule has 0 bridgehead atoms. The molecule has 0 unspecified atom stereocenters. The average Bonchev–Trinajstić information content (AvgIpc) is 2.81. The highest BCUT2D eigenvalue weighted by atomic mass is 32.1. The molecule has 2 N–H and O–H groups in total. The van der Waals surface area contributed by atoms with Crippen molar-refractivity contribution < 1.29 is 9.90 Å². The summed E-state index contributed by atoms with van der Waals surface area (Å²) < 4.78 is 0. The summed E-state index contributed by atoms with van der Waals surface area (Å²) in [5.41, 5.74) is 0. The van der Waals surface area contributed by atoms with Gasteiger partial charge in [-0.2, -0.15) is 0 Å². The van der Waals surface area contributed by atoms with Crippen LogP contribution in [0.1, 0.15) is 47.3 Å². The van der Waals surface area contributed by atoms with Crippen molar-refractivity contribution in [2.75, 3.05) is 0 Å². The second-order valence-corrected chi connectivity index (χ2v) is 5.57. The molecular weight excluding hydrogens is 236 g/mol. The van der Waals surface area contributed by atoms with Crippen LogP contribution in [0.3, 0.4) is 0 Å². The van der Waals surface area contributed by atoms with Gasteiger partial charge in [-0.25, -0.2) is 4.98 Å². The minimum Gasteiger partial charge on any atom is -0.393 e. The first-order chi connectivity index (χ1) is 8.19. The van der Waals surface area contributed by atoms with Gasteiger partial charge in [-0.3, -0.25) is 4.79 Å². The molecule has 17 heavy (non-hydrogen) atoms.